The second-order valence-electron chi connectivity index (χ2n) is 4.80. The predicted molar refractivity (Wildman–Crippen MR) is 73.0 cm³/mol. The molecule has 0 fully saturated rings. The van der Waals surface area contributed by atoms with Crippen LogP contribution in [-0.4, -0.2) is 22.0 Å². The zero-order valence-electron chi connectivity index (χ0n) is 10.8. The molecule has 0 atom stereocenters. The van der Waals surface area contributed by atoms with Crippen molar-refractivity contribution in [3.63, 3.8) is 0 Å². The van der Waals surface area contributed by atoms with Crippen LogP contribution in [0.5, 0.6) is 0 Å². The van der Waals surface area contributed by atoms with Gasteiger partial charge in [-0.05, 0) is 30.2 Å². The molecule has 2 aromatic rings. The zero-order chi connectivity index (χ0) is 13.1. The maximum atomic E-state index is 12.3. The molecule has 0 aliphatic carbocycles. The molecule has 98 valence electrons. The lowest BCUT2D eigenvalue weighted by molar-refractivity contribution is 0.0899. The van der Waals surface area contributed by atoms with E-state index < -0.39 is 0 Å². The number of pyridine rings is 1. The molecule has 4 heteroatoms. The number of nitrogens with one attached hydrogen (secondary N) is 1. The summed E-state index contributed by atoms with van der Waals surface area (Å²) in [5, 5.41) is 3.32. The van der Waals surface area contributed by atoms with E-state index in [2.05, 4.69) is 10.3 Å². The summed E-state index contributed by atoms with van der Waals surface area (Å²) in [7, 11) is 0. The Labute approximate surface area is 112 Å². The molecule has 0 amide bonds. The number of fused-ring (bicyclic) bond motifs is 1. The van der Waals surface area contributed by atoms with E-state index in [1.807, 2.05) is 35.0 Å². The molecule has 0 saturated heterocycles. The maximum Gasteiger partial charge on any atom is 0.231 e. The van der Waals surface area contributed by atoms with Crippen molar-refractivity contribution in [2.75, 3.05) is 6.54 Å². The van der Waals surface area contributed by atoms with Crippen LogP contribution < -0.4 is 5.32 Å². The fourth-order valence-electron chi connectivity index (χ4n) is 2.51. The number of hydrogen-bond acceptors (Lipinski definition) is 3. The van der Waals surface area contributed by atoms with Gasteiger partial charge in [-0.15, -0.1) is 0 Å². The molecule has 0 saturated carbocycles. The summed E-state index contributed by atoms with van der Waals surface area (Å²) in [6, 6.07) is 7.85. The molecule has 0 spiro atoms. The van der Waals surface area contributed by atoms with Gasteiger partial charge in [-0.3, -0.25) is 14.3 Å². The highest BCUT2D eigenvalue weighted by Gasteiger charge is 2.16. The number of nitrogens with zero attached hydrogens (tertiary/aromatic N) is 2. The van der Waals surface area contributed by atoms with Gasteiger partial charge in [0.1, 0.15) is 0 Å². The van der Waals surface area contributed by atoms with Gasteiger partial charge >= 0.3 is 0 Å². The minimum Gasteiger partial charge on any atom is -0.312 e. The van der Waals surface area contributed by atoms with E-state index in [1.165, 1.54) is 11.3 Å². The summed E-state index contributed by atoms with van der Waals surface area (Å²) < 4.78 is 1.82. The quantitative estimate of drug-likeness (QED) is 0.909. The topological polar surface area (TPSA) is 46.9 Å². The van der Waals surface area contributed by atoms with E-state index in [1.54, 1.807) is 6.20 Å². The van der Waals surface area contributed by atoms with Crippen molar-refractivity contribution < 1.29 is 4.79 Å². The summed E-state index contributed by atoms with van der Waals surface area (Å²) in [6.45, 7) is 1.82. The molecule has 1 N–H and O–H groups in total. The summed E-state index contributed by atoms with van der Waals surface area (Å²) >= 11 is 0. The van der Waals surface area contributed by atoms with Gasteiger partial charge in [0.25, 0.3) is 0 Å². The van der Waals surface area contributed by atoms with Crippen LogP contribution in [0.1, 0.15) is 28.2 Å². The van der Waals surface area contributed by atoms with Crippen molar-refractivity contribution in [3.05, 3.63) is 53.6 Å². The molecular formula is C15H17N3O. The molecule has 3 rings (SSSR count). The second-order valence-corrected chi connectivity index (χ2v) is 4.80. The Morgan fingerprint density at radius 3 is 3.16 bits per heavy atom. The Bertz CT molecular complexity index is 574. The number of carbonyl (C=O) groups is 1. The van der Waals surface area contributed by atoms with E-state index in [-0.39, 0.29) is 5.91 Å². The summed E-state index contributed by atoms with van der Waals surface area (Å²) in [6.07, 6.45) is 5.80. The Kier molecular flexibility index (Phi) is 3.42. The minimum atomic E-state index is 0.161. The predicted octanol–water partition coefficient (Wildman–Crippen LogP) is 1.80. The molecule has 0 unspecified atom stereocenters. The first-order valence-electron chi connectivity index (χ1n) is 6.67. The van der Waals surface area contributed by atoms with Gasteiger partial charge in [0.05, 0.1) is 0 Å². The van der Waals surface area contributed by atoms with E-state index >= 15 is 0 Å². The lowest BCUT2D eigenvalue weighted by Crippen LogP contribution is -2.26. The Morgan fingerprint density at radius 1 is 1.37 bits per heavy atom. The average Bonchev–Trinajstić information content (AvgIpc) is 2.90. The van der Waals surface area contributed by atoms with Gasteiger partial charge in [0.2, 0.25) is 5.91 Å². The number of hydrogen-bond donors (Lipinski definition) is 1. The average molecular weight is 255 g/mol. The standard InChI is InChI=1S/C15H17N3O/c19-15(5-4-13-3-1-2-8-17-13)18-10-7-12-11-16-9-6-14(12)18/h1-3,7-8,10,16H,4-6,9,11H2. The van der Waals surface area contributed by atoms with Crippen LogP contribution in [0.15, 0.2) is 36.7 Å². The molecule has 4 nitrogen and oxygen atoms in total. The van der Waals surface area contributed by atoms with Crippen molar-refractivity contribution >= 4 is 5.91 Å². The van der Waals surface area contributed by atoms with Crippen molar-refractivity contribution in [1.82, 2.24) is 14.9 Å². The second kappa shape index (κ2) is 5.36. The fourth-order valence-corrected chi connectivity index (χ4v) is 2.51. The van der Waals surface area contributed by atoms with Crippen LogP contribution in [0.4, 0.5) is 0 Å². The third kappa shape index (κ3) is 2.58. The Balaban J connectivity index is 1.69. The first kappa shape index (κ1) is 12.1. The van der Waals surface area contributed by atoms with Crippen molar-refractivity contribution in [3.8, 4) is 0 Å². The van der Waals surface area contributed by atoms with Gasteiger partial charge in [-0.2, -0.15) is 0 Å². The highest BCUT2D eigenvalue weighted by molar-refractivity contribution is 5.80. The highest BCUT2D eigenvalue weighted by Crippen LogP contribution is 2.16. The molecule has 0 bridgehead atoms. The molecule has 1 aliphatic heterocycles. The lowest BCUT2D eigenvalue weighted by atomic mass is 10.1. The monoisotopic (exact) mass is 255 g/mol. The summed E-state index contributed by atoms with van der Waals surface area (Å²) in [4.78, 5) is 16.5. The molecule has 0 aromatic carbocycles. The molecule has 3 heterocycles. The number of carbonyl (C=O) groups excluding carboxylic acids is 1. The number of aryl methyl sites for hydroxylation is 1. The van der Waals surface area contributed by atoms with Crippen molar-refractivity contribution in [2.24, 2.45) is 0 Å². The van der Waals surface area contributed by atoms with Gasteiger partial charge in [-0.25, -0.2) is 0 Å². The van der Waals surface area contributed by atoms with E-state index in [0.29, 0.717) is 12.8 Å². The summed E-state index contributed by atoms with van der Waals surface area (Å²) in [5.41, 5.74) is 3.39. The van der Waals surface area contributed by atoms with Gasteiger partial charge < -0.3 is 5.32 Å². The first-order valence-corrected chi connectivity index (χ1v) is 6.67. The number of rotatable bonds is 3. The van der Waals surface area contributed by atoms with Crippen LogP contribution in [0.25, 0.3) is 0 Å². The Hall–Kier alpha value is -1.94. The zero-order valence-corrected chi connectivity index (χ0v) is 10.8. The minimum absolute atomic E-state index is 0.161. The normalized spacial score (nSPS) is 14.1. The number of aromatic nitrogens is 2. The molecule has 19 heavy (non-hydrogen) atoms. The van der Waals surface area contributed by atoms with Crippen LogP contribution in [-0.2, 0) is 19.4 Å². The van der Waals surface area contributed by atoms with Gasteiger partial charge in [0.15, 0.2) is 0 Å². The third-order valence-electron chi connectivity index (χ3n) is 3.53. The van der Waals surface area contributed by atoms with Crippen LogP contribution >= 0.6 is 0 Å². The van der Waals surface area contributed by atoms with Crippen LogP contribution in [0.2, 0.25) is 0 Å². The van der Waals surface area contributed by atoms with E-state index in [0.717, 1.165) is 25.2 Å². The van der Waals surface area contributed by atoms with Crippen molar-refractivity contribution in [2.45, 2.75) is 25.8 Å². The maximum absolute atomic E-state index is 12.3. The molecule has 1 aliphatic rings. The van der Waals surface area contributed by atoms with Crippen LogP contribution in [0, 0.1) is 0 Å². The smallest absolute Gasteiger partial charge is 0.231 e. The SMILES string of the molecule is O=C(CCc1ccccn1)n1ccc2c1CCNC2. The molecule has 2 aromatic heterocycles. The fraction of sp³-hybridized carbons (Fsp3) is 0.333. The molecular weight excluding hydrogens is 238 g/mol. The van der Waals surface area contributed by atoms with Crippen molar-refractivity contribution in [1.29, 1.82) is 0 Å². The molecule has 0 radical (unpaired) electrons. The van der Waals surface area contributed by atoms with E-state index in [4.69, 9.17) is 0 Å². The van der Waals surface area contributed by atoms with Gasteiger partial charge in [0, 0.05) is 49.7 Å². The van der Waals surface area contributed by atoms with E-state index in [9.17, 15) is 4.79 Å². The Morgan fingerprint density at radius 2 is 2.32 bits per heavy atom. The third-order valence-corrected chi connectivity index (χ3v) is 3.53. The summed E-state index contributed by atoms with van der Waals surface area (Å²) in [5.74, 6) is 0.161. The largest absolute Gasteiger partial charge is 0.312 e. The highest BCUT2D eigenvalue weighted by atomic mass is 16.2. The van der Waals surface area contributed by atoms with Gasteiger partial charge in [-0.1, -0.05) is 6.07 Å². The first-order chi connectivity index (χ1) is 9.34. The lowest BCUT2D eigenvalue weighted by Gasteiger charge is -2.15. The van der Waals surface area contributed by atoms with Crippen LogP contribution in [0.3, 0.4) is 0 Å².